The second kappa shape index (κ2) is 8.20. The van der Waals surface area contributed by atoms with Gasteiger partial charge in [0.15, 0.2) is 5.84 Å². The molecule has 0 saturated heterocycles. The molecule has 0 atom stereocenters. The van der Waals surface area contributed by atoms with Crippen molar-refractivity contribution in [2.75, 3.05) is 12.9 Å². The smallest absolute Gasteiger partial charge is 0.338 e. The van der Waals surface area contributed by atoms with Crippen molar-refractivity contribution in [1.82, 2.24) is 5.01 Å². The fourth-order valence-electron chi connectivity index (χ4n) is 2.84. The predicted molar refractivity (Wildman–Crippen MR) is 120 cm³/mol. The van der Waals surface area contributed by atoms with E-state index in [9.17, 15) is 18.0 Å². The van der Waals surface area contributed by atoms with Crippen LogP contribution in [0.4, 0.5) is 0 Å². The highest BCUT2D eigenvalue weighted by atomic mass is 32.3. The molecule has 0 bridgehead atoms. The number of ether oxygens (including phenoxy) is 1. The van der Waals surface area contributed by atoms with Gasteiger partial charge in [0.05, 0.1) is 17.7 Å². The van der Waals surface area contributed by atoms with Crippen LogP contribution in [0.2, 0.25) is 0 Å². The number of carbonyl (C=O) groups excluding carboxylic acids is 2. The average molecular weight is 473 g/mol. The summed E-state index contributed by atoms with van der Waals surface area (Å²) in [4.78, 5) is 28.0. The van der Waals surface area contributed by atoms with Gasteiger partial charge in [0.2, 0.25) is 19.4 Å². The van der Waals surface area contributed by atoms with Crippen molar-refractivity contribution in [1.29, 1.82) is 5.41 Å². The fourth-order valence-corrected chi connectivity index (χ4v) is 4.52. The number of rotatable bonds is 4. The molecule has 1 amide bonds. The van der Waals surface area contributed by atoms with E-state index in [-0.39, 0.29) is 27.6 Å². The van der Waals surface area contributed by atoms with Crippen molar-refractivity contribution in [3.05, 3.63) is 53.3 Å². The molecule has 0 fully saturated rings. The lowest BCUT2D eigenvalue weighted by Gasteiger charge is -2.19. The van der Waals surface area contributed by atoms with E-state index >= 15 is 0 Å². The Morgan fingerprint density at radius 1 is 1.25 bits per heavy atom. The van der Waals surface area contributed by atoms with E-state index in [0.29, 0.717) is 22.6 Å². The van der Waals surface area contributed by atoms with Gasteiger partial charge in [-0.3, -0.25) is 10.2 Å². The Balaban J connectivity index is 1.58. The van der Waals surface area contributed by atoms with Crippen LogP contribution in [-0.2, 0) is 19.4 Å². The Kier molecular flexibility index (Phi) is 5.57. The second-order valence-electron chi connectivity index (χ2n) is 6.66. The van der Waals surface area contributed by atoms with Gasteiger partial charge in [0.1, 0.15) is 11.5 Å². The molecule has 1 N–H and O–H groups in total. The Hall–Kier alpha value is -3.51. The third kappa shape index (κ3) is 4.14. The second-order valence-corrected chi connectivity index (χ2v) is 9.80. The SMILES string of the molecule is CCOC(=O)c1ccc(-c2ccc(/C=C3/C(=N)N4N=C(S(C)(=O)=O)SC4=NC3=O)o2)cc1. The summed E-state index contributed by atoms with van der Waals surface area (Å²) in [5.74, 6) is -0.640. The lowest BCUT2D eigenvalue weighted by molar-refractivity contribution is -0.114. The van der Waals surface area contributed by atoms with Crippen molar-refractivity contribution < 1.29 is 27.2 Å². The Bertz CT molecular complexity index is 1340. The maximum absolute atomic E-state index is 12.4. The third-order valence-corrected chi connectivity index (χ3v) is 6.92. The monoisotopic (exact) mass is 472 g/mol. The van der Waals surface area contributed by atoms with Crippen molar-refractivity contribution in [3.8, 4) is 11.3 Å². The molecule has 0 unspecified atom stereocenters. The number of nitrogens with one attached hydrogen (secondary N) is 1. The summed E-state index contributed by atoms with van der Waals surface area (Å²) >= 11 is 0.718. The molecule has 0 radical (unpaired) electrons. The van der Waals surface area contributed by atoms with E-state index in [4.69, 9.17) is 14.6 Å². The fraction of sp³-hybridized carbons (Fsp3) is 0.150. The Morgan fingerprint density at radius 2 is 1.97 bits per heavy atom. The van der Waals surface area contributed by atoms with Crippen LogP contribution in [0.1, 0.15) is 23.0 Å². The molecule has 164 valence electrons. The summed E-state index contributed by atoms with van der Waals surface area (Å²) in [6.07, 6.45) is 2.34. The van der Waals surface area contributed by atoms with Crippen LogP contribution in [-0.4, -0.2) is 53.5 Å². The van der Waals surface area contributed by atoms with Crippen molar-refractivity contribution in [3.63, 3.8) is 0 Å². The van der Waals surface area contributed by atoms with Crippen LogP contribution < -0.4 is 0 Å². The van der Waals surface area contributed by atoms with E-state index in [1.54, 1.807) is 43.3 Å². The average Bonchev–Trinajstić information content (AvgIpc) is 3.38. The molecule has 10 nitrogen and oxygen atoms in total. The van der Waals surface area contributed by atoms with E-state index in [2.05, 4.69) is 10.1 Å². The molecule has 0 saturated carbocycles. The van der Waals surface area contributed by atoms with Crippen LogP contribution in [0.15, 0.2) is 56.5 Å². The summed E-state index contributed by atoms with van der Waals surface area (Å²) in [6, 6.07) is 9.94. The molecule has 1 aromatic carbocycles. The normalized spacial score (nSPS) is 17.3. The maximum atomic E-state index is 12.4. The number of nitrogens with zero attached hydrogens (tertiary/aromatic N) is 3. The molecule has 4 rings (SSSR count). The maximum Gasteiger partial charge on any atom is 0.338 e. The predicted octanol–water partition coefficient (Wildman–Crippen LogP) is 2.74. The molecule has 2 aliphatic rings. The highest BCUT2D eigenvalue weighted by Gasteiger charge is 2.38. The molecular weight excluding hydrogens is 456 g/mol. The van der Waals surface area contributed by atoms with Crippen LogP contribution in [0.3, 0.4) is 0 Å². The Morgan fingerprint density at radius 3 is 2.62 bits per heavy atom. The van der Waals surface area contributed by atoms with Crippen LogP contribution in [0.5, 0.6) is 0 Å². The highest BCUT2D eigenvalue weighted by molar-refractivity contribution is 8.42. The highest BCUT2D eigenvalue weighted by Crippen LogP contribution is 2.31. The first-order chi connectivity index (χ1) is 15.2. The van der Waals surface area contributed by atoms with Gasteiger partial charge in [-0.15, -0.1) is 5.10 Å². The molecule has 32 heavy (non-hydrogen) atoms. The number of esters is 1. The quantitative estimate of drug-likeness (QED) is 0.529. The van der Waals surface area contributed by atoms with E-state index in [1.165, 1.54) is 6.08 Å². The number of amides is 1. The molecule has 2 aliphatic heterocycles. The molecular formula is C20H16N4O6S2. The number of thioether (sulfide) groups is 1. The van der Waals surface area contributed by atoms with Crippen LogP contribution >= 0.6 is 11.8 Å². The first-order valence-electron chi connectivity index (χ1n) is 9.25. The summed E-state index contributed by atoms with van der Waals surface area (Å²) in [6.45, 7) is 2.01. The molecule has 0 spiro atoms. The van der Waals surface area contributed by atoms with Crippen LogP contribution in [0.25, 0.3) is 17.4 Å². The molecule has 12 heteroatoms. The number of hydrogen-bond donors (Lipinski definition) is 1. The molecule has 1 aromatic heterocycles. The standard InChI is InChI=1S/C20H16N4O6S2/c1-3-29-18(26)12-6-4-11(5-7-12)15-9-8-13(30-15)10-14-16(21)24-19(22-17(14)25)31-20(23-24)32(2,27)28/h4-10,21H,3H2,1-2H3/b14-10-,21-16?. The summed E-state index contributed by atoms with van der Waals surface area (Å²) in [7, 11) is -3.60. The minimum absolute atomic E-state index is 0.0133. The minimum Gasteiger partial charge on any atom is -0.462 e. The largest absolute Gasteiger partial charge is 0.462 e. The first kappa shape index (κ1) is 21.7. The number of hydrazone groups is 1. The first-order valence-corrected chi connectivity index (χ1v) is 12.0. The number of aliphatic imine (C=N–C) groups is 1. The lowest BCUT2D eigenvalue weighted by atomic mass is 10.1. The number of furan rings is 1. The van der Waals surface area contributed by atoms with E-state index in [0.717, 1.165) is 23.0 Å². The van der Waals surface area contributed by atoms with Crippen LogP contribution in [0, 0.1) is 5.41 Å². The van der Waals surface area contributed by atoms with Gasteiger partial charge in [0.25, 0.3) is 5.91 Å². The number of benzene rings is 1. The number of hydrogen-bond acceptors (Lipinski definition) is 9. The topological polar surface area (TPSA) is 142 Å². The number of fused-ring (bicyclic) bond motifs is 1. The van der Waals surface area contributed by atoms with E-state index in [1.807, 2.05) is 0 Å². The minimum atomic E-state index is -3.60. The van der Waals surface area contributed by atoms with Gasteiger partial charge in [-0.05, 0) is 49.0 Å². The number of carbonyl (C=O) groups is 2. The zero-order valence-corrected chi connectivity index (χ0v) is 18.5. The summed E-state index contributed by atoms with van der Waals surface area (Å²) in [5, 5.41) is 13.2. The summed E-state index contributed by atoms with van der Waals surface area (Å²) in [5.41, 5.74) is 1.02. The third-order valence-electron chi connectivity index (χ3n) is 4.35. The zero-order valence-electron chi connectivity index (χ0n) is 16.9. The Labute approximate surface area is 187 Å². The van der Waals surface area contributed by atoms with Crippen molar-refractivity contribution >= 4 is 54.9 Å². The van der Waals surface area contributed by atoms with Gasteiger partial charge in [-0.2, -0.15) is 10.0 Å². The molecule has 3 heterocycles. The number of sulfone groups is 1. The molecule has 0 aliphatic carbocycles. The van der Waals surface area contributed by atoms with Gasteiger partial charge in [-0.25, -0.2) is 13.2 Å². The van der Waals surface area contributed by atoms with Gasteiger partial charge in [-0.1, -0.05) is 12.1 Å². The molecule has 2 aromatic rings. The van der Waals surface area contributed by atoms with Gasteiger partial charge < -0.3 is 9.15 Å². The summed E-state index contributed by atoms with van der Waals surface area (Å²) < 4.78 is 33.9. The van der Waals surface area contributed by atoms with E-state index < -0.39 is 21.7 Å². The van der Waals surface area contributed by atoms with Crippen molar-refractivity contribution in [2.24, 2.45) is 10.1 Å². The lowest BCUT2D eigenvalue weighted by Crippen LogP contribution is -2.35. The van der Waals surface area contributed by atoms with Gasteiger partial charge in [0, 0.05) is 11.8 Å². The van der Waals surface area contributed by atoms with Crippen molar-refractivity contribution in [2.45, 2.75) is 6.92 Å². The number of amidine groups is 2. The van der Waals surface area contributed by atoms with Gasteiger partial charge >= 0.3 is 5.97 Å². The zero-order chi connectivity index (χ0) is 23.0.